The van der Waals surface area contributed by atoms with Crippen LogP contribution < -0.4 is 11.1 Å². The van der Waals surface area contributed by atoms with Gasteiger partial charge in [0.15, 0.2) is 0 Å². The predicted molar refractivity (Wildman–Crippen MR) is 117 cm³/mol. The van der Waals surface area contributed by atoms with Crippen molar-refractivity contribution >= 4 is 17.6 Å². The zero-order valence-electron chi connectivity index (χ0n) is 18.2. The molecule has 0 bridgehead atoms. The van der Waals surface area contributed by atoms with E-state index in [2.05, 4.69) is 37.6 Å². The van der Waals surface area contributed by atoms with E-state index in [0.29, 0.717) is 18.9 Å². The van der Waals surface area contributed by atoms with Crippen LogP contribution in [-0.2, 0) is 24.3 Å². The number of nitrogens with zero attached hydrogens (tertiary/aromatic N) is 6. The molecule has 0 aliphatic rings. The van der Waals surface area contributed by atoms with Crippen molar-refractivity contribution in [3.05, 3.63) is 69.8 Å². The Labute approximate surface area is 180 Å². The largest absolute Gasteiger partial charge is 0.366 e. The molecular weight excluding hydrogens is 392 g/mol. The number of carbonyl (C=O) groups excluding carboxylic acids is 1. The van der Waals surface area contributed by atoms with Gasteiger partial charge in [-0.2, -0.15) is 14.6 Å². The normalized spacial score (nSPS) is 11.2. The second-order valence-electron chi connectivity index (χ2n) is 7.69. The van der Waals surface area contributed by atoms with Gasteiger partial charge in [0, 0.05) is 34.8 Å². The monoisotopic (exact) mass is 418 g/mol. The molecule has 160 valence electrons. The first-order valence-electron chi connectivity index (χ1n) is 10.1. The van der Waals surface area contributed by atoms with Crippen molar-refractivity contribution in [2.75, 3.05) is 5.73 Å². The molecule has 0 atom stereocenters. The highest BCUT2D eigenvalue weighted by Crippen LogP contribution is 2.17. The number of rotatable bonds is 6. The fraction of sp³-hybridized carbons (Fsp3) is 0.318. The van der Waals surface area contributed by atoms with Gasteiger partial charge in [-0.25, -0.2) is 4.98 Å². The number of fused-ring (bicyclic) bond motifs is 1. The van der Waals surface area contributed by atoms with Crippen molar-refractivity contribution in [3.8, 4) is 0 Å². The van der Waals surface area contributed by atoms with Crippen LogP contribution in [0.15, 0.2) is 30.3 Å². The highest BCUT2D eigenvalue weighted by atomic mass is 16.1. The average molecular weight is 419 g/mol. The maximum atomic E-state index is 12.7. The summed E-state index contributed by atoms with van der Waals surface area (Å²) in [6.45, 7) is 8.88. The van der Waals surface area contributed by atoms with Gasteiger partial charge in [0.2, 0.25) is 11.9 Å². The molecule has 9 heteroatoms. The molecule has 0 spiro atoms. The lowest BCUT2D eigenvalue weighted by atomic mass is 10.1. The highest BCUT2D eigenvalue weighted by molar-refractivity contribution is 5.79. The summed E-state index contributed by atoms with van der Waals surface area (Å²) < 4.78 is 3.56. The minimum Gasteiger partial charge on any atom is -0.366 e. The molecule has 0 radical (unpaired) electrons. The smallest absolute Gasteiger partial charge is 0.254 e. The van der Waals surface area contributed by atoms with Crippen LogP contribution in [0, 0.1) is 27.7 Å². The number of hydrogen-bond acceptors (Lipinski definition) is 6. The first-order chi connectivity index (χ1) is 14.8. The number of aryl methyl sites for hydroxylation is 3. The van der Waals surface area contributed by atoms with Crippen molar-refractivity contribution in [1.82, 2.24) is 34.7 Å². The second-order valence-corrected chi connectivity index (χ2v) is 7.69. The number of aromatic nitrogens is 6. The van der Waals surface area contributed by atoms with Gasteiger partial charge in [-0.05, 0) is 33.3 Å². The lowest BCUT2D eigenvalue weighted by molar-refractivity contribution is -0.120. The van der Waals surface area contributed by atoms with Crippen LogP contribution in [0.4, 0.5) is 5.95 Å². The number of carbonyl (C=O) groups is 1. The standard InChI is InChI=1S/C22H26N8O/c1-13-18(16(4)30-22(25-13)26-21(23)28-30)10-20(31)24-11-19-14(2)27-29(15(19)3)12-17-8-6-5-7-9-17/h5-9H,10-12H2,1-4H3,(H2,23,28)(H,24,31). The average Bonchev–Trinajstić information content (AvgIpc) is 3.23. The van der Waals surface area contributed by atoms with Gasteiger partial charge in [0.25, 0.3) is 5.78 Å². The van der Waals surface area contributed by atoms with Gasteiger partial charge < -0.3 is 11.1 Å². The molecule has 0 unspecified atom stereocenters. The number of amides is 1. The number of nitrogens with two attached hydrogens (primary N) is 1. The molecule has 4 rings (SSSR count). The van der Waals surface area contributed by atoms with Gasteiger partial charge in [-0.1, -0.05) is 30.3 Å². The number of nitrogens with one attached hydrogen (secondary N) is 1. The van der Waals surface area contributed by atoms with Crippen molar-refractivity contribution in [3.63, 3.8) is 0 Å². The predicted octanol–water partition coefficient (Wildman–Crippen LogP) is 2.04. The van der Waals surface area contributed by atoms with Crippen molar-refractivity contribution < 1.29 is 4.79 Å². The van der Waals surface area contributed by atoms with Gasteiger partial charge in [-0.15, -0.1) is 5.10 Å². The molecule has 0 saturated carbocycles. The second kappa shape index (κ2) is 8.17. The summed E-state index contributed by atoms with van der Waals surface area (Å²) >= 11 is 0. The SMILES string of the molecule is Cc1nn(Cc2ccccc2)c(C)c1CNC(=O)Cc1c(C)nc2nc(N)nn2c1C. The Morgan fingerprint density at radius 1 is 0.968 bits per heavy atom. The van der Waals surface area contributed by atoms with Crippen LogP contribution in [0.1, 0.15) is 39.5 Å². The van der Waals surface area contributed by atoms with Crippen molar-refractivity contribution in [2.45, 2.75) is 47.2 Å². The summed E-state index contributed by atoms with van der Waals surface area (Å²) in [5.41, 5.74) is 12.3. The molecular formula is C22H26N8O. The molecule has 31 heavy (non-hydrogen) atoms. The summed E-state index contributed by atoms with van der Waals surface area (Å²) in [6.07, 6.45) is 0.205. The van der Waals surface area contributed by atoms with Crippen LogP contribution >= 0.6 is 0 Å². The maximum Gasteiger partial charge on any atom is 0.254 e. The molecule has 1 amide bonds. The molecule has 0 aliphatic carbocycles. The fourth-order valence-electron chi connectivity index (χ4n) is 3.79. The van der Waals surface area contributed by atoms with E-state index in [9.17, 15) is 4.79 Å². The number of anilines is 1. The zero-order chi connectivity index (χ0) is 22.1. The highest BCUT2D eigenvalue weighted by Gasteiger charge is 2.17. The Bertz CT molecular complexity index is 1260. The molecule has 3 heterocycles. The first-order valence-corrected chi connectivity index (χ1v) is 10.1. The van der Waals surface area contributed by atoms with E-state index in [-0.39, 0.29) is 18.3 Å². The molecule has 3 aromatic heterocycles. The Kier molecular flexibility index (Phi) is 5.41. The summed E-state index contributed by atoms with van der Waals surface area (Å²) in [4.78, 5) is 21.2. The summed E-state index contributed by atoms with van der Waals surface area (Å²) in [6, 6.07) is 10.2. The molecule has 3 N–H and O–H groups in total. The van der Waals surface area contributed by atoms with Gasteiger partial charge in [0.1, 0.15) is 0 Å². The minimum absolute atomic E-state index is 0.0879. The summed E-state index contributed by atoms with van der Waals surface area (Å²) in [7, 11) is 0. The van der Waals surface area contributed by atoms with Gasteiger partial charge in [0.05, 0.1) is 18.7 Å². The Morgan fingerprint density at radius 2 is 1.71 bits per heavy atom. The molecule has 4 aromatic rings. The third-order valence-electron chi connectivity index (χ3n) is 5.57. The van der Waals surface area contributed by atoms with Crippen LogP contribution in [0.3, 0.4) is 0 Å². The van der Waals surface area contributed by atoms with Crippen LogP contribution in [0.25, 0.3) is 5.78 Å². The summed E-state index contributed by atoms with van der Waals surface area (Å²) in [5.74, 6) is 0.513. The molecule has 0 saturated heterocycles. The van der Waals surface area contributed by atoms with Crippen LogP contribution in [0.2, 0.25) is 0 Å². The zero-order valence-corrected chi connectivity index (χ0v) is 18.2. The minimum atomic E-state index is -0.0879. The van der Waals surface area contributed by atoms with E-state index < -0.39 is 0 Å². The van der Waals surface area contributed by atoms with Gasteiger partial charge in [-0.3, -0.25) is 9.48 Å². The molecule has 0 aliphatic heterocycles. The van der Waals surface area contributed by atoms with E-state index in [1.807, 2.05) is 50.6 Å². The molecule has 9 nitrogen and oxygen atoms in total. The quantitative estimate of drug-likeness (QED) is 0.495. The summed E-state index contributed by atoms with van der Waals surface area (Å²) in [5, 5.41) is 11.8. The van der Waals surface area contributed by atoms with Gasteiger partial charge >= 0.3 is 0 Å². The number of nitrogen functional groups attached to an aromatic ring is 1. The third kappa shape index (κ3) is 4.11. The number of benzene rings is 1. The van der Waals surface area contributed by atoms with Crippen LogP contribution in [-0.4, -0.2) is 35.3 Å². The van der Waals surface area contributed by atoms with E-state index in [1.165, 1.54) is 5.56 Å². The van der Waals surface area contributed by atoms with Crippen LogP contribution in [0.5, 0.6) is 0 Å². The topological polar surface area (TPSA) is 116 Å². The first kappa shape index (κ1) is 20.5. The van der Waals surface area contributed by atoms with E-state index in [1.54, 1.807) is 4.52 Å². The van der Waals surface area contributed by atoms with Crippen molar-refractivity contribution in [2.24, 2.45) is 0 Å². The van der Waals surface area contributed by atoms with Crippen molar-refractivity contribution in [1.29, 1.82) is 0 Å². The number of hydrogen-bond donors (Lipinski definition) is 2. The Hall–Kier alpha value is -3.75. The Morgan fingerprint density at radius 3 is 2.45 bits per heavy atom. The molecule has 1 aromatic carbocycles. The third-order valence-corrected chi connectivity index (χ3v) is 5.57. The fourth-order valence-corrected chi connectivity index (χ4v) is 3.79. The lowest BCUT2D eigenvalue weighted by Gasteiger charge is -2.11. The molecule has 0 fully saturated rings. The van der Waals surface area contributed by atoms with E-state index in [0.717, 1.165) is 33.9 Å². The van der Waals surface area contributed by atoms with E-state index >= 15 is 0 Å². The lowest BCUT2D eigenvalue weighted by Crippen LogP contribution is -2.26. The maximum absolute atomic E-state index is 12.7. The van der Waals surface area contributed by atoms with E-state index in [4.69, 9.17) is 5.73 Å². The Balaban J connectivity index is 1.47.